The largest absolute Gasteiger partial charge is 0.345 e. The van der Waals surface area contributed by atoms with Gasteiger partial charge >= 0.3 is 0 Å². The fraction of sp³-hybridized carbons (Fsp3) is 0.0667. The Morgan fingerprint density at radius 2 is 0.781 bits per heavy atom. The predicted molar refractivity (Wildman–Crippen MR) is 406 cm³/mol. The van der Waals surface area contributed by atoms with E-state index in [1.54, 1.807) is 0 Å². The maximum atomic E-state index is 2.47. The highest BCUT2D eigenvalue weighted by Crippen LogP contribution is 2.51. The van der Waals surface area contributed by atoms with Crippen LogP contribution in [0.5, 0.6) is 0 Å². The molecule has 1 aliphatic rings. The summed E-state index contributed by atoms with van der Waals surface area (Å²) in [6, 6.07) is 121. The molecule has 0 atom stereocenters. The highest BCUT2D eigenvalue weighted by atomic mass is 15.1. The molecule has 3 aromatic heterocycles. The third-order valence-electron chi connectivity index (χ3n) is 20.5. The van der Waals surface area contributed by atoms with E-state index in [1.807, 2.05) is 0 Å². The molecule has 0 unspecified atom stereocenters. The molecular formula is C90H68N6. The average Bonchev–Trinajstić information content (AvgIpc) is 1.56. The average molecular weight is 1230 g/mol. The SMILES string of the molecule is CN(c1ccc(-n2c3ccccc3c3c(-c4cc5c6ccccc6n(-c6ccccc6)c5cc4N(C)c4ccc(-c5cccc(CN(c6ccccc6)c6ccc7c8ccccc8n(-c8ccccc8)c7c6)c5)cc4)cccc32)cc1)c1ccc2c(c1)C(C)(C)c1ccccc1-2. The van der Waals surface area contributed by atoms with Gasteiger partial charge < -0.3 is 28.4 Å². The Balaban J connectivity index is 0.717. The summed E-state index contributed by atoms with van der Waals surface area (Å²) in [5.41, 5.74) is 28.4. The Hall–Kier alpha value is -12.1. The highest BCUT2D eigenvalue weighted by Gasteiger charge is 2.36. The van der Waals surface area contributed by atoms with Crippen LogP contribution in [0.15, 0.2) is 328 Å². The van der Waals surface area contributed by atoms with Gasteiger partial charge in [0.15, 0.2) is 0 Å². The van der Waals surface area contributed by atoms with Crippen LogP contribution in [-0.2, 0) is 12.0 Å². The quantitative estimate of drug-likeness (QED) is 0.115. The molecule has 0 N–H and O–H groups in total. The molecule has 1 aliphatic carbocycles. The summed E-state index contributed by atoms with van der Waals surface area (Å²) in [4.78, 5) is 7.15. The van der Waals surface area contributed by atoms with Crippen LogP contribution < -0.4 is 14.7 Å². The van der Waals surface area contributed by atoms with E-state index < -0.39 is 0 Å². The number of para-hydroxylation sites is 6. The smallest absolute Gasteiger partial charge is 0.0562 e. The van der Waals surface area contributed by atoms with Crippen molar-refractivity contribution in [3.8, 4) is 50.4 Å². The van der Waals surface area contributed by atoms with E-state index in [4.69, 9.17) is 0 Å². The Kier molecular flexibility index (Phi) is 13.3. The molecule has 458 valence electrons. The molecule has 14 aromatic carbocycles. The molecular weight excluding hydrogens is 1170 g/mol. The third kappa shape index (κ3) is 9.16. The van der Waals surface area contributed by atoms with E-state index in [-0.39, 0.29) is 5.41 Å². The van der Waals surface area contributed by atoms with Crippen molar-refractivity contribution in [1.29, 1.82) is 0 Å². The standard InChI is InChI=1S/C90H68N6/c1-90(2)80-37-18-14-32-71(80)72-52-50-69(55-81(72)90)91(3)63-46-48-68(49-47-63)94-84-40-21-17-35-77(84)89-76(36-23-41-85(89)94)79-57-78-74-34-16-20-39-83(74)96(67-30-12-7-13-31-67)88(78)58-86(79)92(4)64-44-42-61(43-45-64)62-25-22-24-60(54-62)59-93(65-26-8-5-9-27-65)70-51-53-75-73-33-15-19-38-82(73)95(87(75)56-70)66-28-10-6-11-29-66/h5-58H,59H2,1-4H3. The number of anilines is 6. The van der Waals surface area contributed by atoms with E-state index in [9.17, 15) is 0 Å². The molecule has 0 bridgehead atoms. The van der Waals surface area contributed by atoms with Crippen LogP contribution in [0.1, 0.15) is 30.5 Å². The second-order valence-electron chi connectivity index (χ2n) is 26.2. The van der Waals surface area contributed by atoms with E-state index in [2.05, 4.69) is 384 Å². The maximum Gasteiger partial charge on any atom is 0.0562 e. The zero-order valence-corrected chi connectivity index (χ0v) is 54.1. The molecule has 6 heteroatoms. The number of hydrogen-bond acceptors (Lipinski definition) is 3. The number of rotatable bonds is 13. The fourth-order valence-electron chi connectivity index (χ4n) is 15.7. The van der Waals surface area contributed by atoms with Crippen LogP contribution in [0.3, 0.4) is 0 Å². The normalized spacial score (nSPS) is 12.5. The van der Waals surface area contributed by atoms with Gasteiger partial charge in [0.1, 0.15) is 0 Å². The van der Waals surface area contributed by atoms with Gasteiger partial charge in [-0.3, -0.25) is 0 Å². The fourth-order valence-corrected chi connectivity index (χ4v) is 15.7. The minimum atomic E-state index is -0.0766. The Morgan fingerprint density at radius 1 is 0.281 bits per heavy atom. The van der Waals surface area contributed by atoms with Crippen LogP contribution in [0.25, 0.3) is 116 Å². The molecule has 18 rings (SSSR count). The van der Waals surface area contributed by atoms with Gasteiger partial charge in [-0.05, 0) is 184 Å². The minimum absolute atomic E-state index is 0.0766. The number of hydrogen-bond donors (Lipinski definition) is 0. The van der Waals surface area contributed by atoms with Gasteiger partial charge in [-0.1, -0.05) is 202 Å². The van der Waals surface area contributed by atoms with Gasteiger partial charge in [0.05, 0.1) is 38.8 Å². The maximum absolute atomic E-state index is 2.47. The number of nitrogens with zero attached hydrogens (tertiary/aromatic N) is 6. The van der Waals surface area contributed by atoms with Crippen molar-refractivity contribution < 1.29 is 0 Å². The van der Waals surface area contributed by atoms with Gasteiger partial charge in [-0.15, -0.1) is 0 Å². The zero-order valence-electron chi connectivity index (χ0n) is 54.1. The second kappa shape index (κ2) is 22.6. The van der Waals surface area contributed by atoms with E-state index in [1.165, 1.54) is 93.5 Å². The second-order valence-corrected chi connectivity index (χ2v) is 26.2. The van der Waals surface area contributed by atoms with E-state index in [0.29, 0.717) is 6.54 Å². The van der Waals surface area contributed by atoms with Gasteiger partial charge in [0.25, 0.3) is 0 Å². The van der Waals surface area contributed by atoms with Gasteiger partial charge in [0, 0.05) is 109 Å². The lowest BCUT2D eigenvalue weighted by molar-refractivity contribution is 0.660. The Labute approximate surface area is 559 Å². The van der Waals surface area contributed by atoms with Gasteiger partial charge in [0.2, 0.25) is 0 Å². The summed E-state index contributed by atoms with van der Waals surface area (Å²) in [5, 5.41) is 7.32. The molecule has 3 heterocycles. The van der Waals surface area contributed by atoms with Crippen molar-refractivity contribution in [2.75, 3.05) is 28.8 Å². The zero-order chi connectivity index (χ0) is 64.2. The lowest BCUT2D eigenvalue weighted by Gasteiger charge is -2.26. The van der Waals surface area contributed by atoms with Crippen LogP contribution in [0.2, 0.25) is 0 Å². The topological polar surface area (TPSA) is 24.5 Å². The lowest BCUT2D eigenvalue weighted by atomic mass is 9.82. The molecule has 0 saturated heterocycles. The molecule has 0 fully saturated rings. The Bertz CT molecular complexity index is 5860. The summed E-state index contributed by atoms with van der Waals surface area (Å²) in [6.07, 6.45) is 0. The summed E-state index contributed by atoms with van der Waals surface area (Å²) < 4.78 is 7.29. The molecule has 0 saturated carbocycles. The van der Waals surface area contributed by atoms with E-state index >= 15 is 0 Å². The molecule has 0 spiro atoms. The highest BCUT2D eigenvalue weighted by molar-refractivity contribution is 6.19. The molecule has 96 heavy (non-hydrogen) atoms. The van der Waals surface area contributed by atoms with Crippen LogP contribution in [0.4, 0.5) is 34.1 Å². The summed E-state index contributed by atoms with van der Waals surface area (Å²) >= 11 is 0. The van der Waals surface area contributed by atoms with Crippen molar-refractivity contribution in [2.24, 2.45) is 0 Å². The molecule has 0 amide bonds. The molecule has 6 nitrogen and oxygen atoms in total. The first-order chi connectivity index (χ1) is 47.2. The van der Waals surface area contributed by atoms with Crippen LogP contribution in [0, 0.1) is 0 Å². The first kappa shape index (κ1) is 56.6. The molecule has 0 radical (unpaired) electrons. The van der Waals surface area contributed by atoms with Crippen molar-refractivity contribution in [3.05, 3.63) is 344 Å². The van der Waals surface area contributed by atoms with Gasteiger partial charge in [-0.2, -0.15) is 0 Å². The summed E-state index contributed by atoms with van der Waals surface area (Å²) in [7, 11) is 4.42. The molecule has 17 aromatic rings. The Morgan fingerprint density at radius 3 is 1.49 bits per heavy atom. The summed E-state index contributed by atoms with van der Waals surface area (Å²) in [5.74, 6) is 0. The summed E-state index contributed by atoms with van der Waals surface area (Å²) in [6.45, 7) is 5.38. The molecule has 0 aliphatic heterocycles. The first-order valence-corrected chi connectivity index (χ1v) is 33.3. The third-order valence-corrected chi connectivity index (χ3v) is 20.5. The number of aromatic nitrogens is 3. The van der Waals surface area contributed by atoms with Gasteiger partial charge in [-0.25, -0.2) is 0 Å². The first-order valence-electron chi connectivity index (χ1n) is 33.3. The van der Waals surface area contributed by atoms with Crippen LogP contribution in [-0.4, -0.2) is 27.8 Å². The van der Waals surface area contributed by atoms with Crippen molar-refractivity contribution in [1.82, 2.24) is 13.7 Å². The number of benzene rings is 14. The lowest BCUT2D eigenvalue weighted by Crippen LogP contribution is -2.16. The van der Waals surface area contributed by atoms with E-state index in [0.717, 1.165) is 73.2 Å². The monoisotopic (exact) mass is 1230 g/mol. The van der Waals surface area contributed by atoms with Crippen molar-refractivity contribution >= 4 is 99.5 Å². The van der Waals surface area contributed by atoms with Crippen molar-refractivity contribution in [2.45, 2.75) is 25.8 Å². The van der Waals surface area contributed by atoms with Crippen molar-refractivity contribution in [3.63, 3.8) is 0 Å². The minimum Gasteiger partial charge on any atom is -0.345 e. The number of fused-ring (bicyclic) bond motifs is 12. The predicted octanol–water partition coefficient (Wildman–Crippen LogP) is 23.5. The van der Waals surface area contributed by atoms with Crippen LogP contribution >= 0.6 is 0 Å².